The van der Waals surface area contributed by atoms with E-state index in [0.29, 0.717) is 5.69 Å². The van der Waals surface area contributed by atoms with Crippen LogP contribution in [0.3, 0.4) is 0 Å². The minimum Gasteiger partial charge on any atom is -0.618 e. The monoisotopic (exact) mass is 264 g/mol. The van der Waals surface area contributed by atoms with Crippen molar-refractivity contribution in [3.63, 3.8) is 0 Å². The summed E-state index contributed by atoms with van der Waals surface area (Å²) in [4.78, 5) is 0. The van der Waals surface area contributed by atoms with Gasteiger partial charge in [-0.1, -0.05) is 30.3 Å². The topological polar surface area (TPSA) is 31.9 Å². The van der Waals surface area contributed by atoms with Crippen LogP contribution in [0.5, 0.6) is 0 Å². The lowest BCUT2D eigenvalue weighted by Crippen LogP contribution is -2.29. The fourth-order valence-electron chi connectivity index (χ4n) is 2.34. The van der Waals surface area contributed by atoms with Crippen molar-refractivity contribution < 1.29 is 4.73 Å². The smallest absolute Gasteiger partial charge is 0.240 e. The van der Waals surface area contributed by atoms with Crippen molar-refractivity contribution in [2.45, 2.75) is 13.5 Å². The van der Waals surface area contributed by atoms with Gasteiger partial charge < -0.3 is 9.77 Å². The molecule has 0 aliphatic rings. The number of hydrogen-bond donors (Lipinski definition) is 0. The van der Waals surface area contributed by atoms with Crippen LogP contribution in [0.25, 0.3) is 11.4 Å². The zero-order valence-corrected chi connectivity index (χ0v) is 11.4. The molecule has 0 aliphatic heterocycles. The zero-order chi connectivity index (χ0) is 13.9. The number of benzene rings is 1. The Morgan fingerprint density at radius 3 is 2.65 bits per heavy atom. The molecule has 2 heterocycles. The van der Waals surface area contributed by atoms with E-state index in [9.17, 15) is 5.21 Å². The van der Waals surface area contributed by atoms with Gasteiger partial charge in [0.1, 0.15) is 5.69 Å². The molecular weight excluding hydrogens is 248 g/mol. The van der Waals surface area contributed by atoms with Crippen molar-refractivity contribution in [2.75, 3.05) is 0 Å². The molecule has 1 aromatic carbocycles. The van der Waals surface area contributed by atoms with Gasteiger partial charge in [0.25, 0.3) is 0 Å². The van der Waals surface area contributed by atoms with E-state index in [-0.39, 0.29) is 0 Å². The third kappa shape index (κ3) is 2.43. The highest BCUT2D eigenvalue weighted by atomic mass is 16.5. The van der Waals surface area contributed by atoms with Gasteiger partial charge in [-0.15, -0.1) is 0 Å². The van der Waals surface area contributed by atoms with Crippen molar-refractivity contribution in [3.05, 3.63) is 83.3 Å². The number of aromatic nitrogens is 2. The maximum absolute atomic E-state index is 12.0. The molecule has 0 amide bonds. The molecule has 0 saturated heterocycles. The molecule has 0 atom stereocenters. The van der Waals surface area contributed by atoms with Crippen LogP contribution in [-0.2, 0) is 6.54 Å². The number of nitrogens with zero attached hydrogens (tertiary/aromatic N) is 2. The van der Waals surface area contributed by atoms with Gasteiger partial charge in [0.15, 0.2) is 6.20 Å². The molecule has 3 nitrogen and oxygen atoms in total. The molecule has 3 heteroatoms. The Morgan fingerprint density at radius 1 is 1.05 bits per heavy atom. The molecule has 0 fully saturated rings. The average Bonchev–Trinajstić information content (AvgIpc) is 2.91. The fourth-order valence-corrected chi connectivity index (χ4v) is 2.34. The summed E-state index contributed by atoms with van der Waals surface area (Å²) >= 11 is 0. The van der Waals surface area contributed by atoms with E-state index < -0.39 is 0 Å². The summed E-state index contributed by atoms with van der Waals surface area (Å²) in [5, 5.41) is 12.0. The first-order valence-electron chi connectivity index (χ1n) is 6.63. The molecule has 0 saturated carbocycles. The molecule has 0 unspecified atom stereocenters. The highest BCUT2D eigenvalue weighted by Crippen LogP contribution is 2.18. The van der Waals surface area contributed by atoms with Crippen LogP contribution in [0.15, 0.2) is 67.0 Å². The predicted octanol–water partition coefficient (Wildman–Crippen LogP) is 3.15. The minimum absolute atomic E-state index is 0.686. The molecule has 2 aromatic heterocycles. The van der Waals surface area contributed by atoms with E-state index in [4.69, 9.17) is 0 Å². The lowest BCUT2D eigenvalue weighted by Gasteiger charge is -2.10. The summed E-state index contributed by atoms with van der Waals surface area (Å²) in [5.41, 5.74) is 3.92. The van der Waals surface area contributed by atoms with Crippen molar-refractivity contribution in [1.29, 1.82) is 0 Å². The Bertz CT molecular complexity index is 717. The zero-order valence-electron chi connectivity index (χ0n) is 11.4. The van der Waals surface area contributed by atoms with Crippen molar-refractivity contribution in [2.24, 2.45) is 0 Å². The van der Waals surface area contributed by atoms with Crippen LogP contribution in [0.4, 0.5) is 0 Å². The number of aryl methyl sites for hydroxylation is 1. The van der Waals surface area contributed by atoms with E-state index in [1.807, 2.05) is 55.6 Å². The number of rotatable bonds is 3. The van der Waals surface area contributed by atoms with Gasteiger partial charge in [0, 0.05) is 24.9 Å². The summed E-state index contributed by atoms with van der Waals surface area (Å²) in [5.74, 6) is 0. The molecular formula is C17H16N2O. The number of hydrogen-bond acceptors (Lipinski definition) is 1. The minimum atomic E-state index is 0.686. The Hall–Kier alpha value is -2.55. The lowest BCUT2D eigenvalue weighted by molar-refractivity contribution is -0.594. The van der Waals surface area contributed by atoms with Crippen molar-refractivity contribution >= 4 is 0 Å². The highest BCUT2D eigenvalue weighted by molar-refractivity contribution is 5.53. The van der Waals surface area contributed by atoms with Gasteiger partial charge in [0.05, 0.1) is 0 Å². The third-order valence-corrected chi connectivity index (χ3v) is 3.36. The molecule has 3 rings (SSSR count). The van der Waals surface area contributed by atoms with Crippen LogP contribution >= 0.6 is 0 Å². The van der Waals surface area contributed by atoms with E-state index >= 15 is 0 Å². The summed E-state index contributed by atoms with van der Waals surface area (Å²) in [6.45, 7) is 2.76. The molecule has 3 aromatic rings. The van der Waals surface area contributed by atoms with Crippen LogP contribution in [0.2, 0.25) is 0 Å². The van der Waals surface area contributed by atoms with Gasteiger partial charge in [-0.2, -0.15) is 4.73 Å². The lowest BCUT2D eigenvalue weighted by atomic mass is 10.2. The second-order valence-corrected chi connectivity index (χ2v) is 4.92. The van der Waals surface area contributed by atoms with Gasteiger partial charge in [0.2, 0.25) is 5.69 Å². The summed E-state index contributed by atoms with van der Waals surface area (Å²) < 4.78 is 3.02. The fraction of sp³-hybridized carbons (Fsp3) is 0.118. The maximum Gasteiger partial charge on any atom is 0.240 e. The van der Waals surface area contributed by atoms with Gasteiger partial charge in [-0.05, 0) is 30.2 Å². The molecule has 100 valence electrons. The molecule has 0 aliphatic carbocycles. The average molecular weight is 264 g/mol. The first kappa shape index (κ1) is 12.5. The Morgan fingerprint density at radius 2 is 1.85 bits per heavy atom. The van der Waals surface area contributed by atoms with Crippen LogP contribution in [0.1, 0.15) is 11.1 Å². The Balaban J connectivity index is 2.00. The summed E-state index contributed by atoms with van der Waals surface area (Å²) in [6, 6.07) is 17.9. The molecule has 0 radical (unpaired) electrons. The van der Waals surface area contributed by atoms with Crippen LogP contribution < -0.4 is 4.73 Å². The molecule has 20 heavy (non-hydrogen) atoms. The normalized spacial score (nSPS) is 10.7. The SMILES string of the molecule is Cc1cc[n+]([O-])c(-c2cccn2Cc2ccccc2)c1. The molecule has 0 bridgehead atoms. The van der Waals surface area contributed by atoms with Gasteiger partial charge in [-0.3, -0.25) is 0 Å². The quantitative estimate of drug-likeness (QED) is 0.528. The van der Waals surface area contributed by atoms with E-state index in [1.165, 1.54) is 5.56 Å². The van der Waals surface area contributed by atoms with Gasteiger partial charge >= 0.3 is 0 Å². The van der Waals surface area contributed by atoms with Crippen molar-refractivity contribution in [1.82, 2.24) is 4.57 Å². The largest absolute Gasteiger partial charge is 0.618 e. The maximum atomic E-state index is 12.0. The van der Waals surface area contributed by atoms with E-state index in [1.54, 1.807) is 6.20 Å². The Kier molecular flexibility index (Phi) is 3.25. The second-order valence-electron chi connectivity index (χ2n) is 4.92. The molecule has 0 spiro atoms. The van der Waals surface area contributed by atoms with Crippen molar-refractivity contribution in [3.8, 4) is 11.4 Å². The predicted molar refractivity (Wildman–Crippen MR) is 79.1 cm³/mol. The standard InChI is InChI=1S/C17H16N2O/c1-14-9-11-19(20)17(12-14)16-8-5-10-18(16)13-15-6-3-2-4-7-15/h2-12H,13H2,1H3. The van der Waals surface area contributed by atoms with Crippen LogP contribution in [0, 0.1) is 12.1 Å². The highest BCUT2D eigenvalue weighted by Gasteiger charge is 2.13. The van der Waals surface area contributed by atoms with E-state index in [2.05, 4.69) is 16.7 Å². The number of pyridine rings is 1. The molecule has 0 N–H and O–H groups in total. The summed E-state index contributed by atoms with van der Waals surface area (Å²) in [6.07, 6.45) is 3.56. The third-order valence-electron chi connectivity index (χ3n) is 3.36. The summed E-state index contributed by atoms with van der Waals surface area (Å²) in [7, 11) is 0. The van der Waals surface area contributed by atoms with Crippen LogP contribution in [-0.4, -0.2) is 4.57 Å². The first-order chi connectivity index (χ1) is 9.74. The first-order valence-corrected chi connectivity index (χ1v) is 6.63. The van der Waals surface area contributed by atoms with E-state index in [0.717, 1.165) is 22.5 Å². The Labute approximate surface area is 118 Å². The second kappa shape index (κ2) is 5.21. The van der Waals surface area contributed by atoms with Gasteiger partial charge in [-0.25, -0.2) is 0 Å².